The van der Waals surface area contributed by atoms with Crippen LogP contribution < -0.4 is 14.8 Å². The molecule has 2 amide bonds. The summed E-state index contributed by atoms with van der Waals surface area (Å²) in [6, 6.07) is 33.5. The lowest BCUT2D eigenvalue weighted by Gasteiger charge is -2.35. The number of amides is 2. The summed E-state index contributed by atoms with van der Waals surface area (Å²) in [5.41, 5.74) is 1.95. The van der Waals surface area contributed by atoms with Gasteiger partial charge in [0.25, 0.3) is 0 Å². The number of hydrogen-bond acceptors (Lipinski definition) is 5. The number of carboxylic acids is 1. The molecule has 50 heavy (non-hydrogen) atoms. The summed E-state index contributed by atoms with van der Waals surface area (Å²) in [5, 5.41) is 13.9. The molecule has 0 fully saturated rings. The molecular formula is C42H50N2O6. The summed E-state index contributed by atoms with van der Waals surface area (Å²) in [7, 11) is 1.51. The Balaban J connectivity index is 1.65. The summed E-state index contributed by atoms with van der Waals surface area (Å²) in [6.45, 7) is 8.52. The van der Waals surface area contributed by atoms with Crippen LogP contribution in [-0.2, 0) is 22.4 Å². The third-order valence-electron chi connectivity index (χ3n) is 8.69. The molecule has 0 aliphatic heterocycles. The number of urea groups is 1. The van der Waals surface area contributed by atoms with Crippen molar-refractivity contribution >= 4 is 18.0 Å². The zero-order valence-electron chi connectivity index (χ0n) is 29.8. The highest BCUT2D eigenvalue weighted by atomic mass is 16.6. The maximum absolute atomic E-state index is 14.4. The number of carbonyl (C=O) groups is 3. The van der Waals surface area contributed by atoms with Crippen LogP contribution in [0.15, 0.2) is 109 Å². The molecule has 0 aromatic heterocycles. The van der Waals surface area contributed by atoms with Crippen LogP contribution in [0.4, 0.5) is 4.79 Å². The molecule has 0 aliphatic rings. The van der Waals surface area contributed by atoms with Crippen LogP contribution in [0.25, 0.3) is 11.1 Å². The molecule has 0 heterocycles. The molecule has 4 rings (SSSR count). The van der Waals surface area contributed by atoms with Gasteiger partial charge in [0.1, 0.15) is 5.54 Å². The van der Waals surface area contributed by atoms with E-state index in [-0.39, 0.29) is 25.3 Å². The Kier molecular flexibility index (Phi) is 13.6. The molecule has 264 valence electrons. The SMILES string of the molecule is COc1ccccc1OC(=O)C(CCC(C)C)CN(CC(C)C)C(=O)N[C@@](Cc1ccccc1)(Cc1ccc(-c2ccccc2)cc1)C(=O)O. The van der Waals surface area contributed by atoms with Crippen molar-refractivity contribution in [3.8, 4) is 22.6 Å². The van der Waals surface area contributed by atoms with Crippen LogP contribution in [-0.4, -0.2) is 53.7 Å². The molecule has 4 aromatic rings. The van der Waals surface area contributed by atoms with Crippen molar-refractivity contribution in [3.63, 3.8) is 0 Å². The van der Waals surface area contributed by atoms with E-state index in [0.717, 1.165) is 28.7 Å². The monoisotopic (exact) mass is 678 g/mol. The molecule has 0 aliphatic carbocycles. The first-order valence-electron chi connectivity index (χ1n) is 17.3. The van der Waals surface area contributed by atoms with E-state index in [2.05, 4.69) is 19.2 Å². The van der Waals surface area contributed by atoms with Crippen molar-refractivity contribution in [2.45, 2.75) is 58.9 Å². The predicted molar refractivity (Wildman–Crippen MR) is 197 cm³/mol. The summed E-state index contributed by atoms with van der Waals surface area (Å²) in [5.74, 6) is -1.14. The largest absolute Gasteiger partial charge is 0.493 e. The number of hydrogen-bond donors (Lipinski definition) is 2. The van der Waals surface area contributed by atoms with Gasteiger partial charge in [0, 0.05) is 25.9 Å². The first-order valence-corrected chi connectivity index (χ1v) is 17.3. The number of nitrogens with zero attached hydrogens (tertiary/aromatic N) is 1. The van der Waals surface area contributed by atoms with E-state index < -0.39 is 29.4 Å². The lowest BCUT2D eigenvalue weighted by atomic mass is 9.84. The normalized spacial score (nSPS) is 12.9. The zero-order valence-corrected chi connectivity index (χ0v) is 29.8. The fourth-order valence-corrected chi connectivity index (χ4v) is 6.04. The molecule has 8 heteroatoms. The van der Waals surface area contributed by atoms with Gasteiger partial charge in [0.15, 0.2) is 11.5 Å². The van der Waals surface area contributed by atoms with E-state index in [0.29, 0.717) is 30.4 Å². The molecule has 0 saturated carbocycles. The number of ether oxygens (including phenoxy) is 2. The van der Waals surface area contributed by atoms with Crippen molar-refractivity contribution in [1.82, 2.24) is 10.2 Å². The van der Waals surface area contributed by atoms with E-state index in [9.17, 15) is 19.5 Å². The molecule has 0 spiro atoms. The molecular weight excluding hydrogens is 628 g/mol. The van der Waals surface area contributed by atoms with Crippen LogP contribution in [0.2, 0.25) is 0 Å². The third-order valence-corrected chi connectivity index (χ3v) is 8.69. The highest BCUT2D eigenvalue weighted by molar-refractivity contribution is 5.87. The summed E-state index contributed by atoms with van der Waals surface area (Å²) in [4.78, 5) is 43.0. The van der Waals surface area contributed by atoms with E-state index in [1.165, 1.54) is 7.11 Å². The van der Waals surface area contributed by atoms with Gasteiger partial charge in [-0.3, -0.25) is 4.79 Å². The van der Waals surface area contributed by atoms with Gasteiger partial charge in [-0.1, -0.05) is 131 Å². The molecule has 1 unspecified atom stereocenters. The van der Waals surface area contributed by atoms with E-state index in [4.69, 9.17) is 9.47 Å². The quantitative estimate of drug-likeness (QED) is 0.0860. The highest BCUT2D eigenvalue weighted by Crippen LogP contribution is 2.29. The number of rotatable bonds is 17. The highest BCUT2D eigenvalue weighted by Gasteiger charge is 2.42. The van der Waals surface area contributed by atoms with Crippen molar-refractivity contribution in [3.05, 3.63) is 120 Å². The number of carbonyl (C=O) groups excluding carboxylic acids is 2. The first kappa shape index (κ1) is 37.7. The number of aliphatic carboxylic acids is 1. The van der Waals surface area contributed by atoms with E-state index in [1.807, 2.05) is 98.8 Å². The van der Waals surface area contributed by atoms with Crippen LogP contribution in [0.3, 0.4) is 0 Å². The molecule has 0 saturated heterocycles. The van der Waals surface area contributed by atoms with Gasteiger partial charge in [-0.2, -0.15) is 0 Å². The minimum absolute atomic E-state index is 0.0515. The van der Waals surface area contributed by atoms with Crippen LogP contribution >= 0.6 is 0 Å². The lowest BCUT2D eigenvalue weighted by Crippen LogP contribution is -2.61. The Hall–Kier alpha value is -5.11. The molecule has 8 nitrogen and oxygen atoms in total. The number of benzene rings is 4. The Morgan fingerprint density at radius 3 is 1.78 bits per heavy atom. The second-order valence-electron chi connectivity index (χ2n) is 13.8. The molecule has 4 aromatic carbocycles. The van der Waals surface area contributed by atoms with E-state index >= 15 is 0 Å². The topological polar surface area (TPSA) is 105 Å². The second kappa shape index (κ2) is 18.0. The molecule has 2 N–H and O–H groups in total. The second-order valence-corrected chi connectivity index (χ2v) is 13.8. The minimum Gasteiger partial charge on any atom is -0.493 e. The maximum atomic E-state index is 14.4. The smallest absolute Gasteiger partial charge is 0.330 e. The molecule has 0 radical (unpaired) electrons. The predicted octanol–water partition coefficient (Wildman–Crippen LogP) is 8.30. The Bertz CT molecular complexity index is 1670. The Labute approximate surface area is 296 Å². The standard InChI is InChI=1S/C42H50N2O6/c1-30(2)20-23-36(39(45)50-38-19-13-12-18-37(38)49-5)29-44(28-31(3)4)41(48)43-42(40(46)47,26-32-14-8-6-9-15-32)27-33-21-24-35(25-22-33)34-16-10-7-11-17-34/h6-19,21-22,24-25,30-31,36H,20,23,26-29H2,1-5H3,(H,43,48)(H,46,47)/t36?,42-/m0/s1. The lowest BCUT2D eigenvalue weighted by molar-refractivity contribution is -0.145. The first-order chi connectivity index (χ1) is 24.0. The van der Waals surface area contributed by atoms with Gasteiger partial charge in [-0.05, 0) is 52.6 Å². The molecule has 0 bridgehead atoms. The van der Waals surface area contributed by atoms with Crippen molar-refractivity contribution in [2.24, 2.45) is 17.8 Å². The molecule has 2 atom stereocenters. The fourth-order valence-electron chi connectivity index (χ4n) is 6.04. The van der Waals surface area contributed by atoms with Crippen molar-refractivity contribution < 1.29 is 29.0 Å². The van der Waals surface area contributed by atoms with Gasteiger partial charge in [0.05, 0.1) is 13.0 Å². The number of methoxy groups -OCH3 is 1. The minimum atomic E-state index is -1.67. The van der Waals surface area contributed by atoms with Gasteiger partial charge >= 0.3 is 18.0 Å². The van der Waals surface area contributed by atoms with Gasteiger partial charge < -0.3 is 24.8 Å². The average molecular weight is 679 g/mol. The number of nitrogens with one attached hydrogen (secondary N) is 1. The van der Waals surface area contributed by atoms with Crippen molar-refractivity contribution in [2.75, 3.05) is 20.2 Å². The average Bonchev–Trinajstić information content (AvgIpc) is 3.10. The van der Waals surface area contributed by atoms with Gasteiger partial charge in [-0.25, -0.2) is 9.59 Å². The third kappa shape index (κ3) is 10.7. The van der Waals surface area contributed by atoms with E-state index in [1.54, 1.807) is 29.2 Å². The number of carboxylic acid groups (broad SMARTS) is 1. The Morgan fingerprint density at radius 1 is 0.680 bits per heavy atom. The summed E-state index contributed by atoms with van der Waals surface area (Å²) >= 11 is 0. The number of para-hydroxylation sites is 2. The van der Waals surface area contributed by atoms with Crippen molar-refractivity contribution in [1.29, 1.82) is 0 Å². The van der Waals surface area contributed by atoms with Gasteiger partial charge in [0.2, 0.25) is 0 Å². The van der Waals surface area contributed by atoms with Crippen LogP contribution in [0, 0.1) is 17.8 Å². The summed E-state index contributed by atoms with van der Waals surface area (Å²) in [6.07, 6.45) is 1.36. The number of esters is 1. The summed E-state index contributed by atoms with van der Waals surface area (Å²) < 4.78 is 11.2. The van der Waals surface area contributed by atoms with Crippen LogP contribution in [0.1, 0.15) is 51.7 Å². The fraction of sp³-hybridized carbons (Fsp3) is 0.357. The van der Waals surface area contributed by atoms with Crippen LogP contribution in [0.5, 0.6) is 11.5 Å². The Morgan fingerprint density at radius 2 is 1.22 bits per heavy atom. The maximum Gasteiger partial charge on any atom is 0.330 e. The zero-order chi connectivity index (χ0) is 36.1. The van der Waals surface area contributed by atoms with Gasteiger partial charge in [-0.15, -0.1) is 0 Å².